The third-order valence-electron chi connectivity index (χ3n) is 3.11. The van der Waals surface area contributed by atoms with Gasteiger partial charge in [0.25, 0.3) is 5.91 Å². The van der Waals surface area contributed by atoms with E-state index in [4.69, 9.17) is 0 Å². The van der Waals surface area contributed by atoms with Gasteiger partial charge in [0, 0.05) is 23.5 Å². The Hall–Kier alpha value is -1.00. The zero-order valence-corrected chi connectivity index (χ0v) is 10.8. The van der Waals surface area contributed by atoms with Gasteiger partial charge in [-0.2, -0.15) is 0 Å². The van der Waals surface area contributed by atoms with Crippen LogP contribution in [0.3, 0.4) is 0 Å². The first-order chi connectivity index (χ1) is 8.26. The molecule has 4 heteroatoms. The van der Waals surface area contributed by atoms with E-state index >= 15 is 0 Å². The summed E-state index contributed by atoms with van der Waals surface area (Å²) < 4.78 is 0. The lowest BCUT2D eigenvalue weighted by atomic mass is 10.1. The first-order valence-electron chi connectivity index (χ1n) is 5.83. The molecule has 92 valence electrons. The maximum absolute atomic E-state index is 12.3. The van der Waals surface area contributed by atoms with Gasteiger partial charge in [-0.25, -0.2) is 0 Å². The topological polar surface area (TPSA) is 40.5 Å². The Morgan fingerprint density at radius 1 is 1.41 bits per heavy atom. The Kier molecular flexibility index (Phi) is 4.07. The third kappa shape index (κ3) is 2.64. The minimum atomic E-state index is -0.0798. The van der Waals surface area contributed by atoms with Crippen LogP contribution in [0.4, 0.5) is 0 Å². The Morgan fingerprint density at radius 3 is 2.71 bits per heavy atom. The fourth-order valence-corrected chi connectivity index (χ4v) is 2.55. The van der Waals surface area contributed by atoms with E-state index in [9.17, 15) is 9.90 Å². The molecule has 3 nitrogen and oxygen atoms in total. The van der Waals surface area contributed by atoms with E-state index in [1.807, 2.05) is 29.4 Å². The lowest BCUT2D eigenvalue weighted by Gasteiger charge is -2.17. The van der Waals surface area contributed by atoms with E-state index < -0.39 is 0 Å². The average Bonchev–Trinajstić information content (AvgIpc) is 2.91. The number of carbonyl (C=O) groups is 1. The highest BCUT2D eigenvalue weighted by Crippen LogP contribution is 2.22. The summed E-state index contributed by atoms with van der Waals surface area (Å²) in [5, 5.41) is 9.30. The highest BCUT2D eigenvalue weighted by atomic mass is 32.2. The van der Waals surface area contributed by atoms with Gasteiger partial charge < -0.3 is 10.0 Å². The molecule has 0 bridgehead atoms. The van der Waals surface area contributed by atoms with Crippen molar-refractivity contribution in [2.75, 3.05) is 19.3 Å². The summed E-state index contributed by atoms with van der Waals surface area (Å²) in [6.07, 6.45) is 4.16. The van der Waals surface area contributed by atoms with Crippen LogP contribution in [0, 0.1) is 0 Å². The molecular weight excluding hydrogens is 234 g/mol. The van der Waals surface area contributed by atoms with Crippen LogP contribution in [0.1, 0.15) is 28.8 Å². The number of benzene rings is 1. The van der Waals surface area contributed by atoms with Crippen LogP contribution in [0.15, 0.2) is 23.1 Å². The number of nitrogens with zero attached hydrogens (tertiary/aromatic N) is 1. The average molecular weight is 251 g/mol. The third-order valence-corrected chi connectivity index (χ3v) is 3.84. The van der Waals surface area contributed by atoms with Crippen LogP contribution >= 0.6 is 11.8 Å². The van der Waals surface area contributed by atoms with Crippen LogP contribution < -0.4 is 0 Å². The van der Waals surface area contributed by atoms with E-state index in [0.29, 0.717) is 5.56 Å². The van der Waals surface area contributed by atoms with Crippen molar-refractivity contribution in [3.05, 3.63) is 29.3 Å². The summed E-state index contributed by atoms with van der Waals surface area (Å²) in [4.78, 5) is 15.2. The van der Waals surface area contributed by atoms with Crippen molar-refractivity contribution in [3.63, 3.8) is 0 Å². The van der Waals surface area contributed by atoms with Crippen LogP contribution in [-0.4, -0.2) is 35.3 Å². The van der Waals surface area contributed by atoms with Gasteiger partial charge >= 0.3 is 0 Å². The van der Waals surface area contributed by atoms with E-state index in [1.165, 1.54) is 0 Å². The molecule has 2 rings (SSSR count). The van der Waals surface area contributed by atoms with Gasteiger partial charge in [0.15, 0.2) is 0 Å². The van der Waals surface area contributed by atoms with Gasteiger partial charge in [0.2, 0.25) is 0 Å². The largest absolute Gasteiger partial charge is 0.392 e. The summed E-state index contributed by atoms with van der Waals surface area (Å²) in [5.74, 6) is 0.0578. The van der Waals surface area contributed by atoms with Crippen molar-refractivity contribution < 1.29 is 9.90 Å². The number of hydrogen-bond donors (Lipinski definition) is 1. The second kappa shape index (κ2) is 5.56. The summed E-state index contributed by atoms with van der Waals surface area (Å²) in [7, 11) is 0. The highest BCUT2D eigenvalue weighted by Gasteiger charge is 2.21. The first-order valence-corrected chi connectivity index (χ1v) is 7.06. The maximum atomic E-state index is 12.3. The molecule has 0 unspecified atom stereocenters. The smallest absolute Gasteiger partial charge is 0.254 e. The molecule has 0 aliphatic carbocycles. The van der Waals surface area contributed by atoms with E-state index in [1.54, 1.807) is 11.8 Å². The number of thioether (sulfide) groups is 1. The molecule has 1 N–H and O–H groups in total. The summed E-state index contributed by atoms with van der Waals surface area (Å²) in [5.41, 5.74) is 1.38. The summed E-state index contributed by atoms with van der Waals surface area (Å²) >= 11 is 1.61. The van der Waals surface area contributed by atoms with Gasteiger partial charge in [-0.1, -0.05) is 6.07 Å². The van der Waals surface area contributed by atoms with Crippen LogP contribution in [0.2, 0.25) is 0 Å². The van der Waals surface area contributed by atoms with E-state index in [2.05, 4.69) is 0 Å². The van der Waals surface area contributed by atoms with Crippen molar-refractivity contribution >= 4 is 17.7 Å². The van der Waals surface area contributed by atoms with Gasteiger partial charge in [-0.15, -0.1) is 11.8 Å². The molecule has 1 aliphatic heterocycles. The molecule has 1 heterocycles. The molecule has 1 saturated heterocycles. The van der Waals surface area contributed by atoms with Crippen molar-refractivity contribution in [2.45, 2.75) is 24.3 Å². The summed E-state index contributed by atoms with van der Waals surface area (Å²) in [6, 6.07) is 5.67. The zero-order chi connectivity index (χ0) is 12.3. The van der Waals surface area contributed by atoms with E-state index in [0.717, 1.165) is 36.4 Å². The number of carbonyl (C=O) groups excluding carboxylic acids is 1. The van der Waals surface area contributed by atoms with Crippen molar-refractivity contribution in [2.24, 2.45) is 0 Å². The molecular formula is C13H17NO2S. The Balaban J connectivity index is 2.30. The first kappa shape index (κ1) is 12.5. The number of aliphatic hydroxyl groups excluding tert-OH is 1. The molecule has 17 heavy (non-hydrogen) atoms. The second-order valence-electron chi connectivity index (χ2n) is 4.18. The highest BCUT2D eigenvalue weighted by molar-refractivity contribution is 7.98. The lowest BCUT2D eigenvalue weighted by Crippen LogP contribution is -2.28. The van der Waals surface area contributed by atoms with E-state index in [-0.39, 0.29) is 12.5 Å². The van der Waals surface area contributed by atoms with Gasteiger partial charge in [0.1, 0.15) is 0 Å². The fourth-order valence-electron chi connectivity index (χ4n) is 2.11. The van der Waals surface area contributed by atoms with Gasteiger partial charge in [-0.05, 0) is 36.8 Å². The predicted molar refractivity (Wildman–Crippen MR) is 69.3 cm³/mol. The van der Waals surface area contributed by atoms with Gasteiger partial charge in [-0.3, -0.25) is 4.79 Å². The SMILES string of the molecule is CSc1ccc(CO)c(C(=O)N2CCCC2)c1. The minimum absolute atomic E-state index is 0.0578. The van der Waals surface area contributed by atoms with Crippen LogP contribution in [0.5, 0.6) is 0 Å². The molecule has 1 fully saturated rings. The van der Waals surface area contributed by atoms with Crippen molar-refractivity contribution in [3.8, 4) is 0 Å². The maximum Gasteiger partial charge on any atom is 0.254 e. The summed E-state index contributed by atoms with van der Waals surface area (Å²) in [6.45, 7) is 1.60. The quantitative estimate of drug-likeness (QED) is 0.837. The van der Waals surface area contributed by atoms with Crippen LogP contribution in [0.25, 0.3) is 0 Å². The van der Waals surface area contributed by atoms with Crippen molar-refractivity contribution in [1.29, 1.82) is 0 Å². The molecule has 0 radical (unpaired) electrons. The standard InChI is InChI=1S/C13H17NO2S/c1-17-11-5-4-10(9-15)12(8-11)13(16)14-6-2-3-7-14/h4-5,8,15H,2-3,6-7,9H2,1H3. The molecule has 1 aromatic carbocycles. The normalized spacial score (nSPS) is 15.3. The molecule has 1 aliphatic rings. The molecule has 0 atom stereocenters. The van der Waals surface area contributed by atoms with Crippen molar-refractivity contribution in [1.82, 2.24) is 4.90 Å². The Morgan fingerprint density at radius 2 is 2.12 bits per heavy atom. The fraction of sp³-hybridized carbons (Fsp3) is 0.462. The molecule has 1 amide bonds. The second-order valence-corrected chi connectivity index (χ2v) is 5.06. The lowest BCUT2D eigenvalue weighted by molar-refractivity contribution is 0.0789. The number of rotatable bonds is 3. The monoisotopic (exact) mass is 251 g/mol. The zero-order valence-electron chi connectivity index (χ0n) is 9.98. The molecule has 0 saturated carbocycles. The number of amides is 1. The number of aliphatic hydroxyl groups is 1. The Bertz CT molecular complexity index is 414. The van der Waals surface area contributed by atoms with Gasteiger partial charge in [0.05, 0.1) is 6.61 Å². The molecule has 0 spiro atoms. The molecule has 1 aromatic rings. The minimum Gasteiger partial charge on any atom is -0.392 e. The Labute approximate surface area is 106 Å². The molecule has 0 aromatic heterocycles. The number of hydrogen-bond acceptors (Lipinski definition) is 3. The van der Waals surface area contributed by atoms with Crippen LogP contribution in [-0.2, 0) is 6.61 Å². The number of likely N-dealkylation sites (tertiary alicyclic amines) is 1. The predicted octanol–water partition coefficient (Wildman–Crippen LogP) is 2.14.